The molecular formula is C18H18O4S. The van der Waals surface area contributed by atoms with Crippen molar-refractivity contribution in [3.05, 3.63) is 66.2 Å². The summed E-state index contributed by atoms with van der Waals surface area (Å²) in [6, 6.07) is 17.8. The summed E-state index contributed by atoms with van der Waals surface area (Å²) in [6.45, 7) is 0. The van der Waals surface area contributed by atoms with Gasteiger partial charge in [0.25, 0.3) is 0 Å². The predicted octanol–water partition coefficient (Wildman–Crippen LogP) is 2.95. The van der Waals surface area contributed by atoms with Gasteiger partial charge >= 0.3 is 0 Å². The van der Waals surface area contributed by atoms with Crippen molar-refractivity contribution in [2.45, 2.75) is 29.9 Å². The largest absolute Gasteiger partial charge is 0.361 e. The third kappa shape index (κ3) is 3.68. The zero-order valence-electron chi connectivity index (χ0n) is 12.6. The van der Waals surface area contributed by atoms with Crippen molar-refractivity contribution >= 4 is 15.6 Å². The highest BCUT2D eigenvalue weighted by Crippen LogP contribution is 2.30. The zero-order chi connectivity index (χ0) is 16.3. The van der Waals surface area contributed by atoms with Gasteiger partial charge in [-0.25, -0.2) is 8.42 Å². The summed E-state index contributed by atoms with van der Waals surface area (Å²) in [7, 11) is -3.54. The molecule has 1 aliphatic heterocycles. The fourth-order valence-electron chi connectivity index (χ4n) is 2.75. The standard InChI is InChI=1S/C18H18O4S/c19-16-11-12-17(14-7-3-1-4-8-14)22-18(16)13-23(20,21)15-9-5-2-6-10-15/h1-10,17-18H,11-13H2/t17-,18-/m1/s1. The van der Waals surface area contributed by atoms with Crippen LogP contribution in [0.25, 0.3) is 0 Å². The maximum Gasteiger partial charge on any atom is 0.181 e. The van der Waals surface area contributed by atoms with Gasteiger partial charge in [-0.3, -0.25) is 4.79 Å². The summed E-state index contributed by atoms with van der Waals surface area (Å²) in [5.41, 5.74) is 0.974. The molecule has 4 nitrogen and oxygen atoms in total. The van der Waals surface area contributed by atoms with Crippen LogP contribution in [0.3, 0.4) is 0 Å². The van der Waals surface area contributed by atoms with Crippen LogP contribution in [0.1, 0.15) is 24.5 Å². The molecule has 0 N–H and O–H groups in total. The monoisotopic (exact) mass is 330 g/mol. The SMILES string of the molecule is O=C1CC[C@H](c2ccccc2)O[C@@H]1CS(=O)(=O)c1ccccc1. The molecule has 0 radical (unpaired) electrons. The summed E-state index contributed by atoms with van der Waals surface area (Å²) >= 11 is 0. The molecule has 0 aliphatic carbocycles. The molecule has 1 saturated heterocycles. The lowest BCUT2D eigenvalue weighted by molar-refractivity contribution is -0.140. The van der Waals surface area contributed by atoms with Crippen LogP contribution < -0.4 is 0 Å². The highest BCUT2D eigenvalue weighted by Gasteiger charge is 2.34. The number of ether oxygens (including phenoxy) is 1. The quantitative estimate of drug-likeness (QED) is 0.865. The van der Waals surface area contributed by atoms with Gasteiger partial charge in [-0.1, -0.05) is 48.5 Å². The number of ketones is 1. The van der Waals surface area contributed by atoms with Gasteiger partial charge in [0.05, 0.1) is 16.8 Å². The van der Waals surface area contributed by atoms with E-state index in [1.54, 1.807) is 18.2 Å². The molecule has 0 saturated carbocycles. The molecule has 0 bridgehead atoms. The number of hydrogen-bond donors (Lipinski definition) is 0. The lowest BCUT2D eigenvalue weighted by Crippen LogP contribution is -2.37. The molecule has 0 spiro atoms. The summed E-state index contributed by atoms with van der Waals surface area (Å²) < 4.78 is 30.7. The zero-order valence-corrected chi connectivity index (χ0v) is 13.4. The first kappa shape index (κ1) is 15.9. The molecule has 120 valence electrons. The van der Waals surface area contributed by atoms with E-state index >= 15 is 0 Å². The number of carbonyl (C=O) groups is 1. The average Bonchev–Trinajstić information content (AvgIpc) is 2.58. The molecular weight excluding hydrogens is 312 g/mol. The number of sulfone groups is 1. The molecule has 3 rings (SSSR count). The molecule has 2 aromatic carbocycles. The normalized spacial score (nSPS) is 22.0. The fourth-order valence-corrected chi connectivity index (χ4v) is 4.17. The average molecular weight is 330 g/mol. The van der Waals surface area contributed by atoms with Gasteiger partial charge < -0.3 is 4.74 Å². The molecule has 0 amide bonds. The number of Topliss-reactive ketones (excluding diaryl/α,β-unsaturated/α-hetero) is 1. The Hall–Kier alpha value is -1.98. The van der Waals surface area contributed by atoms with E-state index in [0.29, 0.717) is 12.8 Å². The van der Waals surface area contributed by atoms with Crippen LogP contribution in [0.15, 0.2) is 65.6 Å². The Morgan fingerprint density at radius 2 is 1.57 bits per heavy atom. The van der Waals surface area contributed by atoms with Crippen molar-refractivity contribution in [2.24, 2.45) is 0 Å². The van der Waals surface area contributed by atoms with E-state index in [4.69, 9.17) is 4.74 Å². The summed E-state index contributed by atoms with van der Waals surface area (Å²) in [6.07, 6.45) is -0.205. The Morgan fingerprint density at radius 3 is 2.22 bits per heavy atom. The van der Waals surface area contributed by atoms with Gasteiger partial charge in [-0.15, -0.1) is 0 Å². The summed E-state index contributed by atoms with van der Waals surface area (Å²) in [4.78, 5) is 12.3. The van der Waals surface area contributed by atoms with Crippen molar-refractivity contribution in [1.82, 2.24) is 0 Å². The Balaban J connectivity index is 1.77. The van der Waals surface area contributed by atoms with Gasteiger partial charge in [-0.05, 0) is 24.1 Å². The highest BCUT2D eigenvalue weighted by molar-refractivity contribution is 7.91. The van der Waals surface area contributed by atoms with Gasteiger partial charge in [0, 0.05) is 6.42 Å². The topological polar surface area (TPSA) is 60.4 Å². The lowest BCUT2D eigenvalue weighted by Gasteiger charge is -2.29. The maximum atomic E-state index is 12.5. The van der Waals surface area contributed by atoms with Crippen molar-refractivity contribution in [1.29, 1.82) is 0 Å². The van der Waals surface area contributed by atoms with Crippen molar-refractivity contribution in [3.63, 3.8) is 0 Å². The first-order valence-electron chi connectivity index (χ1n) is 7.57. The van der Waals surface area contributed by atoms with Crippen LogP contribution in [0.2, 0.25) is 0 Å². The molecule has 1 aliphatic rings. The first-order chi connectivity index (χ1) is 11.1. The summed E-state index contributed by atoms with van der Waals surface area (Å²) in [5.74, 6) is -0.448. The molecule has 2 atom stereocenters. The van der Waals surface area contributed by atoms with Crippen molar-refractivity contribution in [2.75, 3.05) is 5.75 Å². The van der Waals surface area contributed by atoms with Crippen LogP contribution in [-0.4, -0.2) is 26.1 Å². The van der Waals surface area contributed by atoms with Crippen LogP contribution >= 0.6 is 0 Å². The number of carbonyl (C=O) groups excluding carboxylic acids is 1. The third-order valence-corrected chi connectivity index (χ3v) is 5.72. The Morgan fingerprint density at radius 1 is 0.957 bits per heavy atom. The highest BCUT2D eigenvalue weighted by atomic mass is 32.2. The minimum absolute atomic E-state index is 0.142. The van der Waals surface area contributed by atoms with E-state index < -0.39 is 15.9 Å². The van der Waals surface area contributed by atoms with Gasteiger partial charge in [0.15, 0.2) is 15.6 Å². The maximum absolute atomic E-state index is 12.5. The second-order valence-electron chi connectivity index (χ2n) is 5.62. The van der Waals surface area contributed by atoms with E-state index in [1.807, 2.05) is 30.3 Å². The summed E-state index contributed by atoms with van der Waals surface area (Å²) in [5, 5.41) is 0. The van der Waals surface area contributed by atoms with E-state index in [-0.39, 0.29) is 22.5 Å². The molecule has 1 heterocycles. The third-order valence-electron chi connectivity index (χ3n) is 3.99. The number of hydrogen-bond acceptors (Lipinski definition) is 4. The lowest BCUT2D eigenvalue weighted by atomic mass is 9.98. The van der Waals surface area contributed by atoms with Crippen molar-refractivity contribution in [3.8, 4) is 0 Å². The van der Waals surface area contributed by atoms with Crippen LogP contribution in [0, 0.1) is 0 Å². The smallest absolute Gasteiger partial charge is 0.181 e. The Labute approximate surface area is 136 Å². The Bertz CT molecular complexity index is 769. The minimum Gasteiger partial charge on any atom is -0.361 e. The Kier molecular flexibility index (Phi) is 4.59. The van der Waals surface area contributed by atoms with E-state index in [2.05, 4.69) is 0 Å². The van der Waals surface area contributed by atoms with E-state index in [0.717, 1.165) is 5.56 Å². The molecule has 2 aromatic rings. The van der Waals surface area contributed by atoms with Gasteiger partial charge in [0.1, 0.15) is 6.10 Å². The van der Waals surface area contributed by atoms with Crippen molar-refractivity contribution < 1.29 is 17.9 Å². The molecule has 1 fully saturated rings. The van der Waals surface area contributed by atoms with Crippen LogP contribution in [0.5, 0.6) is 0 Å². The predicted molar refractivity (Wildman–Crippen MR) is 86.8 cm³/mol. The second-order valence-corrected chi connectivity index (χ2v) is 7.66. The van der Waals surface area contributed by atoms with E-state index in [9.17, 15) is 13.2 Å². The fraction of sp³-hybridized carbons (Fsp3) is 0.278. The molecule has 5 heteroatoms. The molecule has 0 unspecified atom stereocenters. The molecule has 23 heavy (non-hydrogen) atoms. The second kappa shape index (κ2) is 6.64. The first-order valence-corrected chi connectivity index (χ1v) is 9.22. The van der Waals surface area contributed by atoms with Gasteiger partial charge in [0.2, 0.25) is 0 Å². The minimum atomic E-state index is -3.54. The van der Waals surface area contributed by atoms with Crippen LogP contribution in [-0.2, 0) is 19.4 Å². The van der Waals surface area contributed by atoms with Gasteiger partial charge in [-0.2, -0.15) is 0 Å². The number of rotatable bonds is 4. The number of benzene rings is 2. The van der Waals surface area contributed by atoms with Crippen LogP contribution in [0.4, 0.5) is 0 Å². The van der Waals surface area contributed by atoms with E-state index in [1.165, 1.54) is 12.1 Å². The molecule has 0 aromatic heterocycles.